The molecule has 0 radical (unpaired) electrons. The molecule has 0 fully saturated rings. The molecule has 1 aromatic rings. The summed E-state index contributed by atoms with van der Waals surface area (Å²) in [5.41, 5.74) is 0.791. The lowest BCUT2D eigenvalue weighted by Gasteiger charge is -2.08. The Kier molecular flexibility index (Phi) is 6.94. The minimum atomic E-state index is -3.52. The summed E-state index contributed by atoms with van der Waals surface area (Å²) in [6.45, 7) is 0.830. The fourth-order valence-electron chi connectivity index (χ4n) is 1.40. The SMILES string of the molecule is COCCNS(=O)(=O)c1ccc(CNC(=O)CCl)cc1. The third-order valence-corrected chi connectivity index (χ3v) is 4.16. The van der Waals surface area contributed by atoms with E-state index in [9.17, 15) is 13.2 Å². The van der Waals surface area contributed by atoms with Gasteiger partial charge in [-0.05, 0) is 17.7 Å². The average molecular weight is 321 g/mol. The third-order valence-electron chi connectivity index (χ3n) is 2.44. The van der Waals surface area contributed by atoms with Crippen molar-refractivity contribution in [2.75, 3.05) is 26.1 Å². The average Bonchev–Trinajstić information content (AvgIpc) is 2.45. The van der Waals surface area contributed by atoms with E-state index in [1.54, 1.807) is 12.1 Å². The number of carbonyl (C=O) groups is 1. The third kappa shape index (κ3) is 5.46. The number of benzene rings is 1. The first-order valence-corrected chi connectivity index (χ1v) is 7.91. The Morgan fingerprint density at radius 1 is 1.30 bits per heavy atom. The molecule has 0 saturated carbocycles. The van der Waals surface area contributed by atoms with Gasteiger partial charge in [-0.15, -0.1) is 11.6 Å². The van der Waals surface area contributed by atoms with Gasteiger partial charge in [0.2, 0.25) is 15.9 Å². The van der Waals surface area contributed by atoms with Crippen LogP contribution in [-0.2, 0) is 26.1 Å². The van der Waals surface area contributed by atoms with Crippen LogP contribution < -0.4 is 10.0 Å². The van der Waals surface area contributed by atoms with Gasteiger partial charge < -0.3 is 10.1 Å². The molecule has 0 heterocycles. The van der Waals surface area contributed by atoms with Gasteiger partial charge >= 0.3 is 0 Å². The van der Waals surface area contributed by atoms with Crippen molar-refractivity contribution in [3.05, 3.63) is 29.8 Å². The fraction of sp³-hybridized carbons (Fsp3) is 0.417. The molecule has 0 aromatic heterocycles. The van der Waals surface area contributed by atoms with Crippen molar-refractivity contribution in [3.8, 4) is 0 Å². The minimum absolute atomic E-state index is 0.101. The zero-order valence-electron chi connectivity index (χ0n) is 11.1. The van der Waals surface area contributed by atoms with E-state index in [0.29, 0.717) is 13.2 Å². The summed E-state index contributed by atoms with van der Waals surface area (Å²) < 4.78 is 30.9. The Hall–Kier alpha value is -1.15. The highest BCUT2D eigenvalue weighted by atomic mass is 35.5. The molecule has 8 heteroatoms. The Morgan fingerprint density at radius 3 is 2.50 bits per heavy atom. The van der Waals surface area contributed by atoms with Crippen molar-refractivity contribution in [3.63, 3.8) is 0 Å². The first-order valence-electron chi connectivity index (χ1n) is 5.90. The van der Waals surface area contributed by atoms with Crippen LogP contribution in [0.3, 0.4) is 0 Å². The summed E-state index contributed by atoms with van der Waals surface area (Å²) in [5.74, 6) is -0.375. The number of carbonyl (C=O) groups excluding carboxylic acids is 1. The van der Waals surface area contributed by atoms with Crippen molar-refractivity contribution < 1.29 is 17.9 Å². The second kappa shape index (κ2) is 8.21. The first kappa shape index (κ1) is 16.9. The molecular formula is C12H17ClN2O4S. The Morgan fingerprint density at radius 2 is 1.95 bits per heavy atom. The van der Waals surface area contributed by atoms with E-state index in [2.05, 4.69) is 10.0 Å². The molecule has 0 aliphatic carbocycles. The van der Waals surface area contributed by atoms with E-state index in [1.807, 2.05) is 0 Å². The van der Waals surface area contributed by atoms with Gasteiger partial charge in [0.1, 0.15) is 5.88 Å². The molecule has 0 spiro atoms. The number of sulfonamides is 1. The largest absolute Gasteiger partial charge is 0.383 e. The van der Waals surface area contributed by atoms with Crippen LogP contribution in [0.2, 0.25) is 0 Å². The van der Waals surface area contributed by atoms with Crippen molar-refractivity contribution in [2.24, 2.45) is 0 Å². The molecule has 6 nitrogen and oxygen atoms in total. The van der Waals surface area contributed by atoms with Crippen LogP contribution in [0.25, 0.3) is 0 Å². The smallest absolute Gasteiger partial charge is 0.240 e. The molecule has 1 amide bonds. The van der Waals surface area contributed by atoms with Gasteiger partial charge in [-0.1, -0.05) is 12.1 Å². The van der Waals surface area contributed by atoms with Crippen molar-refractivity contribution in [1.82, 2.24) is 10.0 Å². The van der Waals surface area contributed by atoms with Crippen LogP contribution in [0, 0.1) is 0 Å². The number of ether oxygens (including phenoxy) is 1. The summed E-state index contributed by atoms with van der Waals surface area (Å²) in [5, 5.41) is 2.60. The van der Waals surface area contributed by atoms with Gasteiger partial charge in [-0.3, -0.25) is 4.79 Å². The van der Waals surface area contributed by atoms with Gasteiger partial charge in [0.15, 0.2) is 0 Å². The molecule has 1 rings (SSSR count). The van der Waals surface area contributed by atoms with Gasteiger partial charge in [0.25, 0.3) is 0 Å². The molecule has 0 atom stereocenters. The summed E-state index contributed by atoms with van der Waals surface area (Å²) in [6, 6.07) is 6.24. The number of rotatable bonds is 8. The maximum Gasteiger partial charge on any atom is 0.240 e. The van der Waals surface area contributed by atoms with E-state index in [-0.39, 0.29) is 23.2 Å². The zero-order chi connectivity index (χ0) is 15.0. The summed E-state index contributed by atoms with van der Waals surface area (Å²) in [4.78, 5) is 11.2. The second-order valence-corrected chi connectivity index (χ2v) is 5.98. The van der Waals surface area contributed by atoms with E-state index < -0.39 is 10.0 Å². The van der Waals surface area contributed by atoms with Crippen LogP contribution in [0.1, 0.15) is 5.56 Å². The standard InChI is InChI=1S/C12H17ClN2O4S/c1-19-7-6-15-20(17,18)11-4-2-10(3-5-11)9-14-12(16)8-13/h2-5,15H,6-9H2,1H3,(H,14,16). The van der Waals surface area contributed by atoms with Gasteiger partial charge in [0, 0.05) is 20.2 Å². The highest BCUT2D eigenvalue weighted by Crippen LogP contribution is 2.10. The van der Waals surface area contributed by atoms with E-state index in [4.69, 9.17) is 16.3 Å². The molecule has 0 unspecified atom stereocenters. The predicted octanol–water partition coefficient (Wildman–Crippen LogP) is 0.466. The molecule has 2 N–H and O–H groups in total. The topological polar surface area (TPSA) is 84.5 Å². The molecule has 20 heavy (non-hydrogen) atoms. The number of methoxy groups -OCH3 is 1. The van der Waals surface area contributed by atoms with Crippen LogP contribution >= 0.6 is 11.6 Å². The Balaban J connectivity index is 2.63. The van der Waals surface area contributed by atoms with Crippen molar-refractivity contribution in [2.45, 2.75) is 11.4 Å². The molecule has 1 aromatic carbocycles. The summed E-state index contributed by atoms with van der Waals surface area (Å²) in [6.07, 6.45) is 0. The Labute approximate surface area is 123 Å². The highest BCUT2D eigenvalue weighted by molar-refractivity contribution is 7.89. The number of amides is 1. The maximum atomic E-state index is 11.9. The lowest BCUT2D eigenvalue weighted by atomic mass is 10.2. The normalized spacial score (nSPS) is 11.3. The number of hydrogen-bond acceptors (Lipinski definition) is 4. The number of halogens is 1. The fourth-order valence-corrected chi connectivity index (χ4v) is 2.50. The number of alkyl halides is 1. The molecule has 0 saturated heterocycles. The maximum absolute atomic E-state index is 11.9. The van der Waals surface area contributed by atoms with Crippen molar-refractivity contribution >= 4 is 27.5 Å². The highest BCUT2D eigenvalue weighted by Gasteiger charge is 2.12. The van der Waals surface area contributed by atoms with Gasteiger partial charge in [0.05, 0.1) is 11.5 Å². The quantitative estimate of drug-likeness (QED) is 0.538. The predicted molar refractivity (Wildman–Crippen MR) is 76.1 cm³/mol. The molecule has 0 aliphatic heterocycles. The van der Waals surface area contributed by atoms with Crippen LogP contribution in [-0.4, -0.2) is 40.5 Å². The lowest BCUT2D eigenvalue weighted by molar-refractivity contribution is -0.118. The summed E-state index contributed by atoms with van der Waals surface area (Å²) >= 11 is 5.35. The molecule has 112 valence electrons. The second-order valence-electron chi connectivity index (χ2n) is 3.94. The van der Waals surface area contributed by atoms with Crippen LogP contribution in [0.5, 0.6) is 0 Å². The lowest BCUT2D eigenvalue weighted by Crippen LogP contribution is -2.27. The van der Waals surface area contributed by atoms with Crippen molar-refractivity contribution in [1.29, 1.82) is 0 Å². The Bertz CT molecular complexity index is 531. The first-order chi connectivity index (χ1) is 9.49. The van der Waals surface area contributed by atoms with Gasteiger partial charge in [-0.2, -0.15) is 0 Å². The van der Waals surface area contributed by atoms with E-state index >= 15 is 0 Å². The zero-order valence-corrected chi connectivity index (χ0v) is 12.6. The minimum Gasteiger partial charge on any atom is -0.383 e. The number of nitrogens with one attached hydrogen (secondary N) is 2. The molecular weight excluding hydrogens is 304 g/mol. The van der Waals surface area contributed by atoms with E-state index in [1.165, 1.54) is 19.2 Å². The van der Waals surface area contributed by atoms with Crippen LogP contribution in [0.15, 0.2) is 29.2 Å². The van der Waals surface area contributed by atoms with Crippen LogP contribution in [0.4, 0.5) is 0 Å². The summed E-state index contributed by atoms with van der Waals surface area (Å²) in [7, 11) is -2.03. The number of hydrogen-bond donors (Lipinski definition) is 2. The monoisotopic (exact) mass is 320 g/mol. The molecule has 0 bridgehead atoms. The van der Waals surface area contributed by atoms with Gasteiger partial charge in [-0.25, -0.2) is 13.1 Å². The van der Waals surface area contributed by atoms with E-state index in [0.717, 1.165) is 5.56 Å². The molecule has 0 aliphatic rings.